The molecule has 1 N–H and O–H groups in total. The van der Waals surface area contributed by atoms with Crippen LogP contribution in [0.15, 0.2) is 59.1 Å². The first kappa shape index (κ1) is 18.0. The van der Waals surface area contributed by atoms with Crippen molar-refractivity contribution in [1.29, 1.82) is 0 Å². The van der Waals surface area contributed by atoms with Crippen molar-refractivity contribution in [2.75, 3.05) is 20.2 Å². The maximum absolute atomic E-state index is 12.0. The van der Waals surface area contributed by atoms with Crippen LogP contribution in [0.1, 0.15) is 5.56 Å². The van der Waals surface area contributed by atoms with Gasteiger partial charge in [-0.3, -0.25) is 9.59 Å². The van der Waals surface area contributed by atoms with Crippen molar-refractivity contribution in [1.82, 2.24) is 10.2 Å². The van der Waals surface area contributed by atoms with E-state index in [9.17, 15) is 9.59 Å². The van der Waals surface area contributed by atoms with Crippen molar-refractivity contribution < 1.29 is 14.3 Å². The van der Waals surface area contributed by atoms with Crippen LogP contribution in [0.3, 0.4) is 0 Å². The summed E-state index contributed by atoms with van der Waals surface area (Å²) in [6.45, 7) is 0.327. The molecule has 6 heteroatoms. The van der Waals surface area contributed by atoms with E-state index in [-0.39, 0.29) is 25.0 Å². The summed E-state index contributed by atoms with van der Waals surface area (Å²) in [6.07, 6.45) is 0. The molecule has 0 heterocycles. The zero-order valence-corrected chi connectivity index (χ0v) is 15.0. The summed E-state index contributed by atoms with van der Waals surface area (Å²) in [5, 5.41) is 2.57. The van der Waals surface area contributed by atoms with Crippen LogP contribution in [-0.4, -0.2) is 36.9 Å². The first-order valence-electron chi connectivity index (χ1n) is 7.47. The van der Waals surface area contributed by atoms with Crippen LogP contribution in [0.4, 0.5) is 0 Å². The quantitative estimate of drug-likeness (QED) is 0.790. The Morgan fingerprint density at radius 3 is 2.42 bits per heavy atom. The standard InChI is InChI=1S/C18H19BrN2O3/c1-21(12-14-5-3-2-4-6-14)18(23)11-20-17(22)13-24-16-9-7-15(19)8-10-16/h2-10H,11-13H2,1H3,(H,20,22). The fraction of sp³-hybridized carbons (Fsp3) is 0.222. The minimum absolute atomic E-state index is 0.0497. The zero-order chi connectivity index (χ0) is 17.4. The van der Waals surface area contributed by atoms with E-state index in [2.05, 4.69) is 21.2 Å². The van der Waals surface area contributed by atoms with Crippen molar-refractivity contribution in [3.8, 4) is 5.75 Å². The summed E-state index contributed by atoms with van der Waals surface area (Å²) in [6, 6.07) is 16.9. The molecule has 2 aromatic carbocycles. The number of nitrogens with zero attached hydrogens (tertiary/aromatic N) is 1. The third-order valence-electron chi connectivity index (χ3n) is 3.31. The lowest BCUT2D eigenvalue weighted by Crippen LogP contribution is -2.39. The van der Waals surface area contributed by atoms with Crippen LogP contribution in [0, 0.1) is 0 Å². The summed E-state index contributed by atoms with van der Waals surface area (Å²) in [4.78, 5) is 25.4. The first-order chi connectivity index (χ1) is 11.5. The van der Waals surface area contributed by atoms with Crippen molar-refractivity contribution in [3.63, 3.8) is 0 Å². The number of ether oxygens (including phenoxy) is 1. The highest BCUT2D eigenvalue weighted by Crippen LogP contribution is 2.15. The van der Waals surface area contributed by atoms with Gasteiger partial charge < -0.3 is 15.0 Å². The molecule has 0 unspecified atom stereocenters. The smallest absolute Gasteiger partial charge is 0.258 e. The van der Waals surface area contributed by atoms with Crippen molar-refractivity contribution in [2.24, 2.45) is 0 Å². The van der Waals surface area contributed by atoms with E-state index in [0.29, 0.717) is 12.3 Å². The second-order valence-electron chi connectivity index (χ2n) is 5.25. The molecule has 0 aliphatic carbocycles. The van der Waals surface area contributed by atoms with Gasteiger partial charge in [-0.25, -0.2) is 0 Å². The molecule has 0 bridgehead atoms. The van der Waals surface area contributed by atoms with Gasteiger partial charge in [0, 0.05) is 18.1 Å². The highest BCUT2D eigenvalue weighted by Gasteiger charge is 2.11. The molecule has 0 aliphatic rings. The minimum atomic E-state index is -0.334. The molecule has 0 saturated heterocycles. The summed E-state index contributed by atoms with van der Waals surface area (Å²) >= 11 is 3.33. The average molecular weight is 391 g/mol. The minimum Gasteiger partial charge on any atom is -0.484 e. The van der Waals surface area contributed by atoms with Gasteiger partial charge in [0.2, 0.25) is 5.91 Å². The van der Waals surface area contributed by atoms with E-state index in [1.54, 1.807) is 24.1 Å². The largest absolute Gasteiger partial charge is 0.484 e. The summed E-state index contributed by atoms with van der Waals surface area (Å²) in [7, 11) is 1.71. The SMILES string of the molecule is CN(Cc1ccccc1)C(=O)CNC(=O)COc1ccc(Br)cc1. The van der Waals surface area contributed by atoms with Gasteiger partial charge in [-0.1, -0.05) is 46.3 Å². The molecule has 5 nitrogen and oxygen atoms in total. The summed E-state index contributed by atoms with van der Waals surface area (Å²) in [5.41, 5.74) is 1.04. The number of benzene rings is 2. The van der Waals surface area contributed by atoms with E-state index in [1.807, 2.05) is 42.5 Å². The van der Waals surface area contributed by atoms with Gasteiger partial charge in [-0.05, 0) is 29.8 Å². The molecule has 0 aliphatic heterocycles. The second-order valence-corrected chi connectivity index (χ2v) is 6.17. The molecule has 2 amide bonds. The van der Waals surface area contributed by atoms with E-state index < -0.39 is 0 Å². The molecule has 24 heavy (non-hydrogen) atoms. The van der Waals surface area contributed by atoms with Crippen molar-refractivity contribution in [2.45, 2.75) is 6.54 Å². The molecule has 2 aromatic rings. The highest BCUT2D eigenvalue weighted by molar-refractivity contribution is 9.10. The van der Waals surface area contributed by atoms with E-state index in [1.165, 1.54) is 0 Å². The Morgan fingerprint density at radius 2 is 1.75 bits per heavy atom. The lowest BCUT2D eigenvalue weighted by molar-refractivity contribution is -0.132. The number of carbonyl (C=O) groups is 2. The van der Waals surface area contributed by atoms with Gasteiger partial charge in [-0.2, -0.15) is 0 Å². The van der Waals surface area contributed by atoms with Crippen LogP contribution < -0.4 is 10.1 Å². The fourth-order valence-electron chi connectivity index (χ4n) is 1.99. The van der Waals surface area contributed by atoms with Gasteiger partial charge >= 0.3 is 0 Å². The molecule has 0 atom stereocenters. The van der Waals surface area contributed by atoms with Gasteiger partial charge in [0.15, 0.2) is 6.61 Å². The number of nitrogens with one attached hydrogen (secondary N) is 1. The van der Waals surface area contributed by atoms with Crippen molar-refractivity contribution >= 4 is 27.7 Å². The van der Waals surface area contributed by atoms with Gasteiger partial charge in [0.1, 0.15) is 5.75 Å². The molecular weight excluding hydrogens is 372 g/mol. The monoisotopic (exact) mass is 390 g/mol. The van der Waals surface area contributed by atoms with Crippen LogP contribution in [0.2, 0.25) is 0 Å². The average Bonchev–Trinajstić information content (AvgIpc) is 2.60. The Labute approximate surface area is 149 Å². The number of halogens is 1. The highest BCUT2D eigenvalue weighted by atomic mass is 79.9. The Balaban J connectivity index is 1.70. The Kier molecular flexibility index (Phi) is 6.81. The maximum Gasteiger partial charge on any atom is 0.258 e. The van der Waals surface area contributed by atoms with Crippen LogP contribution >= 0.6 is 15.9 Å². The Hall–Kier alpha value is -2.34. The number of hydrogen-bond donors (Lipinski definition) is 1. The predicted octanol–water partition coefficient (Wildman–Crippen LogP) is 2.60. The summed E-state index contributed by atoms with van der Waals surface area (Å²) in [5.74, 6) is 0.107. The van der Waals surface area contributed by atoms with Crippen LogP contribution in [-0.2, 0) is 16.1 Å². The van der Waals surface area contributed by atoms with Gasteiger partial charge in [0.05, 0.1) is 6.54 Å². The summed E-state index contributed by atoms with van der Waals surface area (Å²) < 4.78 is 6.29. The molecule has 0 radical (unpaired) electrons. The number of hydrogen-bond acceptors (Lipinski definition) is 3. The van der Waals surface area contributed by atoms with E-state index >= 15 is 0 Å². The van der Waals surface area contributed by atoms with E-state index in [0.717, 1.165) is 10.0 Å². The van der Waals surface area contributed by atoms with Gasteiger partial charge in [0.25, 0.3) is 5.91 Å². The Bertz CT molecular complexity index is 674. The fourth-order valence-corrected chi connectivity index (χ4v) is 2.25. The molecule has 0 spiro atoms. The normalized spacial score (nSPS) is 10.1. The lowest BCUT2D eigenvalue weighted by Gasteiger charge is -2.17. The number of likely N-dealkylation sites (N-methyl/N-ethyl adjacent to an activating group) is 1. The van der Waals surface area contributed by atoms with Crippen LogP contribution in [0.25, 0.3) is 0 Å². The molecule has 0 fully saturated rings. The zero-order valence-electron chi connectivity index (χ0n) is 13.4. The molecule has 0 aromatic heterocycles. The number of amides is 2. The number of rotatable bonds is 7. The lowest BCUT2D eigenvalue weighted by atomic mass is 10.2. The topological polar surface area (TPSA) is 58.6 Å². The van der Waals surface area contributed by atoms with E-state index in [4.69, 9.17) is 4.74 Å². The maximum atomic E-state index is 12.0. The predicted molar refractivity (Wildman–Crippen MR) is 95.6 cm³/mol. The first-order valence-corrected chi connectivity index (χ1v) is 8.27. The number of carbonyl (C=O) groups excluding carboxylic acids is 2. The molecule has 126 valence electrons. The third kappa shape index (κ3) is 6.04. The molecular formula is C18H19BrN2O3. The third-order valence-corrected chi connectivity index (χ3v) is 3.84. The van der Waals surface area contributed by atoms with Gasteiger partial charge in [-0.15, -0.1) is 0 Å². The van der Waals surface area contributed by atoms with Crippen molar-refractivity contribution in [3.05, 3.63) is 64.6 Å². The second kappa shape index (κ2) is 9.08. The molecule has 0 saturated carbocycles. The Morgan fingerprint density at radius 1 is 1.08 bits per heavy atom. The molecule has 2 rings (SSSR count). The van der Waals surface area contributed by atoms with Crippen LogP contribution in [0.5, 0.6) is 5.75 Å².